The number of nitrogens with one attached hydrogen (secondary N) is 1. The van der Waals surface area contributed by atoms with Crippen molar-refractivity contribution in [1.82, 2.24) is 25.5 Å². The SMILES string of the molecule is Cc1ccc(-n2nnnc2S[C@@H](C)C(=O)NCc2ccccc2)cc1C. The van der Waals surface area contributed by atoms with Gasteiger partial charge in [0, 0.05) is 6.54 Å². The maximum Gasteiger partial charge on any atom is 0.233 e. The minimum absolute atomic E-state index is 0.0477. The number of nitrogens with zero attached hydrogens (tertiary/aromatic N) is 4. The summed E-state index contributed by atoms with van der Waals surface area (Å²) in [5.41, 5.74) is 4.34. The van der Waals surface area contributed by atoms with Gasteiger partial charge in [0.25, 0.3) is 0 Å². The molecule has 2 aromatic carbocycles. The Bertz CT molecular complexity index is 894. The van der Waals surface area contributed by atoms with Crippen LogP contribution >= 0.6 is 11.8 Å². The highest BCUT2D eigenvalue weighted by atomic mass is 32.2. The number of amides is 1. The van der Waals surface area contributed by atoms with Gasteiger partial charge in [-0.3, -0.25) is 4.79 Å². The number of carbonyl (C=O) groups excluding carboxylic acids is 1. The first-order valence-electron chi connectivity index (χ1n) is 8.39. The lowest BCUT2D eigenvalue weighted by Gasteiger charge is -2.12. The first-order chi connectivity index (χ1) is 12.5. The van der Waals surface area contributed by atoms with Crippen molar-refractivity contribution in [2.24, 2.45) is 0 Å². The van der Waals surface area contributed by atoms with Gasteiger partial charge in [-0.25, -0.2) is 0 Å². The summed E-state index contributed by atoms with van der Waals surface area (Å²) in [6.45, 7) is 6.47. The van der Waals surface area contributed by atoms with Crippen LogP contribution in [0, 0.1) is 13.8 Å². The van der Waals surface area contributed by atoms with Crippen LogP contribution in [0.4, 0.5) is 0 Å². The van der Waals surface area contributed by atoms with Gasteiger partial charge in [0.1, 0.15) is 0 Å². The molecule has 1 aromatic heterocycles. The number of aryl methyl sites for hydroxylation is 2. The van der Waals surface area contributed by atoms with Crippen LogP contribution in [0.3, 0.4) is 0 Å². The molecule has 1 amide bonds. The van der Waals surface area contributed by atoms with E-state index in [-0.39, 0.29) is 11.2 Å². The monoisotopic (exact) mass is 367 g/mol. The minimum atomic E-state index is -0.310. The molecule has 3 rings (SSSR count). The molecule has 0 aliphatic rings. The van der Waals surface area contributed by atoms with Crippen molar-refractivity contribution in [3.05, 3.63) is 65.2 Å². The number of rotatable bonds is 6. The zero-order chi connectivity index (χ0) is 18.5. The maximum absolute atomic E-state index is 12.4. The molecule has 7 heteroatoms. The predicted octanol–water partition coefficient (Wildman–Crippen LogP) is 3.08. The fraction of sp³-hybridized carbons (Fsp3) is 0.263. The van der Waals surface area contributed by atoms with Crippen LogP contribution in [0.2, 0.25) is 0 Å². The standard InChI is InChI=1S/C19H21N5OS/c1-13-9-10-17(11-14(13)2)24-19(21-22-23-24)26-15(3)18(25)20-12-16-7-5-4-6-8-16/h4-11,15H,12H2,1-3H3,(H,20,25)/t15-/m0/s1. The van der Waals surface area contributed by atoms with Gasteiger partial charge >= 0.3 is 0 Å². The third-order valence-electron chi connectivity index (χ3n) is 4.14. The van der Waals surface area contributed by atoms with Gasteiger partial charge in [0.05, 0.1) is 10.9 Å². The minimum Gasteiger partial charge on any atom is -0.351 e. The largest absolute Gasteiger partial charge is 0.351 e. The lowest BCUT2D eigenvalue weighted by molar-refractivity contribution is -0.120. The van der Waals surface area contributed by atoms with Gasteiger partial charge in [-0.15, -0.1) is 5.10 Å². The Morgan fingerprint density at radius 1 is 1.15 bits per heavy atom. The summed E-state index contributed by atoms with van der Waals surface area (Å²) in [5, 5.41) is 15.1. The predicted molar refractivity (Wildman–Crippen MR) is 102 cm³/mol. The van der Waals surface area contributed by atoms with E-state index in [4.69, 9.17) is 0 Å². The Hall–Kier alpha value is -2.67. The molecular weight excluding hydrogens is 346 g/mol. The topological polar surface area (TPSA) is 72.7 Å². The highest BCUT2D eigenvalue weighted by Gasteiger charge is 2.19. The molecule has 0 spiro atoms. The molecule has 1 heterocycles. The van der Waals surface area contributed by atoms with E-state index >= 15 is 0 Å². The zero-order valence-corrected chi connectivity index (χ0v) is 15.8. The van der Waals surface area contributed by atoms with Crippen LogP contribution in [0.5, 0.6) is 0 Å². The molecule has 1 N–H and O–H groups in total. The molecule has 0 saturated carbocycles. The number of hydrogen-bond donors (Lipinski definition) is 1. The van der Waals surface area contributed by atoms with E-state index in [9.17, 15) is 4.79 Å². The van der Waals surface area contributed by atoms with Crippen molar-refractivity contribution < 1.29 is 4.79 Å². The van der Waals surface area contributed by atoms with Gasteiger partial charge in [-0.2, -0.15) is 4.68 Å². The van der Waals surface area contributed by atoms with E-state index in [2.05, 4.69) is 34.7 Å². The molecule has 1 atom stereocenters. The molecule has 0 aliphatic heterocycles. The highest BCUT2D eigenvalue weighted by Crippen LogP contribution is 2.24. The molecule has 0 aliphatic carbocycles. The second-order valence-corrected chi connectivity index (χ2v) is 7.41. The van der Waals surface area contributed by atoms with Crippen molar-refractivity contribution in [2.75, 3.05) is 0 Å². The first-order valence-corrected chi connectivity index (χ1v) is 9.27. The van der Waals surface area contributed by atoms with Crippen molar-refractivity contribution >= 4 is 17.7 Å². The number of carbonyl (C=O) groups is 1. The van der Waals surface area contributed by atoms with Crippen LogP contribution in [-0.4, -0.2) is 31.4 Å². The summed E-state index contributed by atoms with van der Waals surface area (Å²) in [6, 6.07) is 15.9. The summed E-state index contributed by atoms with van der Waals surface area (Å²) in [4.78, 5) is 12.4. The number of tetrazole rings is 1. The Balaban J connectivity index is 1.66. The average molecular weight is 367 g/mol. The van der Waals surface area contributed by atoms with Gasteiger partial charge in [0.15, 0.2) is 0 Å². The molecule has 0 fully saturated rings. The number of hydrogen-bond acceptors (Lipinski definition) is 5. The van der Waals surface area contributed by atoms with Crippen LogP contribution in [0.1, 0.15) is 23.6 Å². The van der Waals surface area contributed by atoms with Crippen molar-refractivity contribution in [2.45, 2.75) is 37.7 Å². The van der Waals surface area contributed by atoms with E-state index in [0.29, 0.717) is 11.7 Å². The van der Waals surface area contributed by atoms with Crippen LogP contribution in [-0.2, 0) is 11.3 Å². The third kappa shape index (κ3) is 4.29. The van der Waals surface area contributed by atoms with E-state index in [0.717, 1.165) is 11.3 Å². The summed E-state index contributed by atoms with van der Waals surface area (Å²) < 4.78 is 1.66. The average Bonchev–Trinajstić information content (AvgIpc) is 3.11. The Morgan fingerprint density at radius 2 is 1.92 bits per heavy atom. The summed E-state index contributed by atoms with van der Waals surface area (Å²) in [7, 11) is 0. The molecule has 0 saturated heterocycles. The number of aromatic nitrogens is 4. The molecule has 134 valence electrons. The normalized spacial score (nSPS) is 12.0. The second kappa shape index (κ2) is 8.14. The first kappa shape index (κ1) is 18.1. The molecule has 0 unspecified atom stereocenters. The van der Waals surface area contributed by atoms with Gasteiger partial charge in [-0.05, 0) is 60.0 Å². The molecule has 26 heavy (non-hydrogen) atoms. The van der Waals surface area contributed by atoms with Crippen molar-refractivity contribution in [3.8, 4) is 5.69 Å². The number of thioether (sulfide) groups is 1. The summed E-state index contributed by atoms with van der Waals surface area (Å²) in [6.07, 6.45) is 0. The summed E-state index contributed by atoms with van der Waals surface area (Å²) >= 11 is 1.34. The summed E-state index contributed by atoms with van der Waals surface area (Å²) in [5.74, 6) is -0.0477. The van der Waals surface area contributed by atoms with E-state index in [1.165, 1.54) is 22.9 Å². The molecule has 3 aromatic rings. The van der Waals surface area contributed by atoms with Gasteiger partial charge < -0.3 is 5.32 Å². The molecular formula is C19H21N5OS. The van der Waals surface area contributed by atoms with Gasteiger partial charge in [-0.1, -0.05) is 48.2 Å². The van der Waals surface area contributed by atoms with E-state index in [1.807, 2.05) is 55.5 Å². The lowest BCUT2D eigenvalue weighted by Crippen LogP contribution is -2.30. The van der Waals surface area contributed by atoms with Crippen LogP contribution < -0.4 is 5.32 Å². The van der Waals surface area contributed by atoms with Crippen molar-refractivity contribution in [3.63, 3.8) is 0 Å². The maximum atomic E-state index is 12.4. The van der Waals surface area contributed by atoms with Gasteiger partial charge in [0.2, 0.25) is 11.1 Å². The smallest absolute Gasteiger partial charge is 0.233 e. The van der Waals surface area contributed by atoms with Crippen LogP contribution in [0.25, 0.3) is 5.69 Å². The van der Waals surface area contributed by atoms with Crippen LogP contribution in [0.15, 0.2) is 53.7 Å². The zero-order valence-electron chi connectivity index (χ0n) is 15.0. The molecule has 0 radical (unpaired) electrons. The highest BCUT2D eigenvalue weighted by molar-refractivity contribution is 8.00. The second-order valence-electron chi connectivity index (χ2n) is 6.11. The molecule has 6 nitrogen and oxygen atoms in total. The van der Waals surface area contributed by atoms with Crippen molar-refractivity contribution in [1.29, 1.82) is 0 Å². The lowest BCUT2D eigenvalue weighted by atomic mass is 10.1. The Morgan fingerprint density at radius 3 is 2.65 bits per heavy atom. The number of benzene rings is 2. The van der Waals surface area contributed by atoms with E-state index < -0.39 is 0 Å². The fourth-order valence-corrected chi connectivity index (χ4v) is 3.24. The van der Waals surface area contributed by atoms with E-state index in [1.54, 1.807) is 4.68 Å². The fourth-order valence-electron chi connectivity index (χ4n) is 2.41. The Labute approximate surface area is 157 Å². The third-order valence-corrected chi connectivity index (χ3v) is 5.17. The Kier molecular flexibility index (Phi) is 5.68. The quantitative estimate of drug-likeness (QED) is 0.678. The molecule has 0 bridgehead atoms.